The molecule has 0 aromatic rings. The van der Waals surface area contributed by atoms with E-state index in [0.29, 0.717) is 10.6 Å². The summed E-state index contributed by atoms with van der Waals surface area (Å²) in [7, 11) is 1.58. The van der Waals surface area contributed by atoms with Crippen LogP contribution >= 0.6 is 23.2 Å². The highest BCUT2D eigenvalue weighted by atomic mass is 35.5. The van der Waals surface area contributed by atoms with E-state index in [2.05, 4.69) is 11.4 Å². The van der Waals surface area contributed by atoms with E-state index in [0.717, 1.165) is 31.4 Å². The fraction of sp³-hybridized carbons (Fsp3) is 0.545. The van der Waals surface area contributed by atoms with Crippen LogP contribution in [0.2, 0.25) is 0 Å². The van der Waals surface area contributed by atoms with Crippen molar-refractivity contribution in [2.45, 2.75) is 65.8 Å². The number of allylic oxidation sites excluding steroid dienone is 4. The summed E-state index contributed by atoms with van der Waals surface area (Å²) >= 11 is 11.1. The Morgan fingerprint density at radius 2 is 1.83 bits per heavy atom. The number of nitrogens with one attached hydrogen (secondary N) is 3. The molecule has 8 heteroatoms. The van der Waals surface area contributed by atoms with E-state index in [1.165, 1.54) is 18.6 Å². The molecule has 1 amide bonds. The number of halogens is 2. The quantitative estimate of drug-likeness (QED) is 0.454. The van der Waals surface area contributed by atoms with Crippen LogP contribution in [0.15, 0.2) is 34.6 Å². The van der Waals surface area contributed by atoms with Crippen LogP contribution in [0, 0.1) is 27.6 Å². The van der Waals surface area contributed by atoms with Crippen LogP contribution in [0.5, 0.6) is 0 Å². The summed E-state index contributed by atoms with van der Waals surface area (Å²) in [4.78, 5) is 11.5. The molecule has 0 radical (unpaired) electrons. The lowest BCUT2D eigenvalue weighted by Crippen LogP contribution is -2.39. The third-order valence-corrected chi connectivity index (χ3v) is 5.07. The minimum atomic E-state index is -0.388. The number of hydrogen-bond acceptors (Lipinski definition) is 5. The van der Waals surface area contributed by atoms with Gasteiger partial charge < -0.3 is 10.1 Å². The Bertz CT molecular complexity index is 756. The fourth-order valence-corrected chi connectivity index (χ4v) is 3.48. The highest BCUT2D eigenvalue weighted by Crippen LogP contribution is 2.43. The monoisotopic (exact) mass is 454 g/mol. The normalized spacial score (nSPS) is 17.6. The van der Waals surface area contributed by atoms with Crippen LogP contribution in [0.1, 0.15) is 59.8 Å². The van der Waals surface area contributed by atoms with Crippen molar-refractivity contribution in [3.8, 4) is 6.07 Å². The zero-order valence-electron chi connectivity index (χ0n) is 18.4. The van der Waals surface area contributed by atoms with Gasteiger partial charge in [-0.25, -0.2) is 0 Å². The molecule has 0 bridgehead atoms. The van der Waals surface area contributed by atoms with Gasteiger partial charge in [-0.15, -0.1) is 0 Å². The van der Waals surface area contributed by atoms with Crippen molar-refractivity contribution in [2.75, 3.05) is 7.11 Å². The molecule has 0 spiro atoms. The summed E-state index contributed by atoms with van der Waals surface area (Å²) < 4.78 is 5.11. The summed E-state index contributed by atoms with van der Waals surface area (Å²) in [6.45, 7) is 7.83. The van der Waals surface area contributed by atoms with Gasteiger partial charge in [0.25, 0.3) is 5.91 Å². The summed E-state index contributed by atoms with van der Waals surface area (Å²) in [6, 6.07) is 2.28. The van der Waals surface area contributed by atoms with Crippen molar-refractivity contribution >= 4 is 40.0 Å². The van der Waals surface area contributed by atoms with Crippen molar-refractivity contribution in [3.05, 3.63) is 34.6 Å². The predicted molar refractivity (Wildman–Crippen MR) is 124 cm³/mol. The number of hydrogen-bond donors (Lipinski definition) is 3. The zero-order chi connectivity index (χ0) is 23.3. The van der Waals surface area contributed by atoms with E-state index in [4.69, 9.17) is 44.0 Å². The molecule has 0 aromatic carbocycles. The van der Waals surface area contributed by atoms with Crippen LogP contribution in [0.4, 0.5) is 0 Å². The van der Waals surface area contributed by atoms with Gasteiger partial charge in [0, 0.05) is 6.04 Å². The highest BCUT2D eigenvalue weighted by Gasteiger charge is 2.36. The predicted octanol–water partition coefficient (Wildman–Crippen LogP) is 5.83. The molecule has 0 aromatic heterocycles. The standard InChI is InChI=1S/C11H16ClN3O.C9H10ClNO.C2H6/c12-10(14)7-6-9(13)11(16)15-8-4-2-1-3-5-8;1-9(2)6(5-11)7(10)4-8(9)12-3;1-2/h6-8,13-14H,1-5H2,(H,15,16);4H,1-3H3;1-2H3/b7-6-,13-9?,14-10?;;. The molecule has 2 aliphatic carbocycles. The summed E-state index contributed by atoms with van der Waals surface area (Å²) in [5.74, 6) is 0.352. The molecule has 0 atom stereocenters. The topological polar surface area (TPSA) is 110 Å². The third kappa shape index (κ3) is 8.73. The molecular formula is C22H32Cl2N4O2. The van der Waals surface area contributed by atoms with Gasteiger partial charge in [-0.2, -0.15) is 5.26 Å². The second-order valence-corrected chi connectivity index (χ2v) is 7.89. The van der Waals surface area contributed by atoms with Crippen molar-refractivity contribution in [1.29, 1.82) is 16.1 Å². The highest BCUT2D eigenvalue weighted by molar-refractivity contribution is 6.67. The fourth-order valence-electron chi connectivity index (χ4n) is 3.04. The average Bonchev–Trinajstić information content (AvgIpc) is 2.95. The maximum absolute atomic E-state index is 11.5. The lowest BCUT2D eigenvalue weighted by atomic mass is 9.86. The Morgan fingerprint density at radius 3 is 2.23 bits per heavy atom. The second kappa shape index (κ2) is 14.0. The Balaban J connectivity index is 0.000000535. The summed E-state index contributed by atoms with van der Waals surface area (Å²) in [6.07, 6.45) is 9.66. The lowest BCUT2D eigenvalue weighted by molar-refractivity contribution is -0.115. The van der Waals surface area contributed by atoms with E-state index in [9.17, 15) is 4.79 Å². The van der Waals surface area contributed by atoms with E-state index in [-0.39, 0.29) is 28.2 Å². The van der Waals surface area contributed by atoms with Crippen LogP contribution < -0.4 is 5.32 Å². The summed E-state index contributed by atoms with van der Waals surface area (Å²) in [5, 5.41) is 26.3. The molecule has 0 heterocycles. The van der Waals surface area contributed by atoms with Gasteiger partial charge in [0.2, 0.25) is 0 Å². The summed E-state index contributed by atoms with van der Waals surface area (Å²) in [5.41, 5.74) is 0.0395. The first-order valence-electron chi connectivity index (χ1n) is 10.0. The Morgan fingerprint density at radius 1 is 1.27 bits per heavy atom. The number of ether oxygens (including phenoxy) is 1. The average molecular weight is 455 g/mol. The number of carbonyl (C=O) groups is 1. The van der Waals surface area contributed by atoms with Crippen LogP contribution in [0.25, 0.3) is 0 Å². The van der Waals surface area contributed by atoms with Crippen molar-refractivity contribution in [3.63, 3.8) is 0 Å². The molecule has 0 saturated heterocycles. The number of nitriles is 1. The first-order chi connectivity index (χ1) is 14.1. The molecule has 1 saturated carbocycles. The van der Waals surface area contributed by atoms with E-state index < -0.39 is 0 Å². The Labute approximate surface area is 190 Å². The van der Waals surface area contributed by atoms with Gasteiger partial charge in [0.15, 0.2) is 0 Å². The van der Waals surface area contributed by atoms with Crippen LogP contribution in [0.3, 0.4) is 0 Å². The van der Waals surface area contributed by atoms with Gasteiger partial charge in [-0.1, -0.05) is 56.3 Å². The first-order valence-corrected chi connectivity index (χ1v) is 10.8. The number of carbonyl (C=O) groups excluding carboxylic acids is 1. The van der Waals surface area contributed by atoms with E-state index >= 15 is 0 Å². The Hall–Kier alpha value is -2.10. The molecule has 2 rings (SSSR count). The van der Waals surface area contributed by atoms with Crippen LogP contribution in [-0.4, -0.2) is 29.9 Å². The minimum absolute atomic E-state index is 0.157. The van der Waals surface area contributed by atoms with Crippen molar-refractivity contribution < 1.29 is 9.53 Å². The zero-order valence-corrected chi connectivity index (χ0v) is 19.9. The first kappa shape index (κ1) is 27.9. The number of rotatable bonds is 5. The van der Waals surface area contributed by atoms with Crippen molar-refractivity contribution in [1.82, 2.24) is 5.32 Å². The second-order valence-electron chi connectivity index (χ2n) is 7.08. The van der Waals surface area contributed by atoms with E-state index in [1.54, 1.807) is 13.2 Å². The SMILES string of the molecule is CC.COC1=CC(Cl)=C(C#N)C1(C)C.N=C(Cl)/C=C\C(=N)C(=O)NC1CCCCC1. The molecule has 1 fully saturated rings. The van der Waals surface area contributed by atoms with Gasteiger partial charge in [0.1, 0.15) is 16.6 Å². The molecule has 2 aliphatic rings. The van der Waals surface area contributed by atoms with E-state index in [1.807, 2.05) is 27.7 Å². The third-order valence-electron chi connectivity index (χ3n) is 4.65. The molecule has 30 heavy (non-hydrogen) atoms. The minimum Gasteiger partial charge on any atom is -0.500 e. The molecular weight excluding hydrogens is 423 g/mol. The van der Waals surface area contributed by atoms with Gasteiger partial charge in [-0.05, 0) is 44.9 Å². The molecule has 3 N–H and O–H groups in total. The Kier molecular flexibility index (Phi) is 13.0. The number of nitrogens with zero attached hydrogens (tertiary/aromatic N) is 1. The van der Waals surface area contributed by atoms with Gasteiger partial charge in [0.05, 0.1) is 29.2 Å². The molecule has 6 nitrogen and oxygen atoms in total. The number of methoxy groups -OCH3 is 1. The van der Waals surface area contributed by atoms with Gasteiger partial charge in [-0.3, -0.25) is 15.6 Å². The molecule has 166 valence electrons. The van der Waals surface area contributed by atoms with Crippen LogP contribution in [-0.2, 0) is 9.53 Å². The van der Waals surface area contributed by atoms with Gasteiger partial charge >= 0.3 is 0 Å². The number of amides is 1. The maximum atomic E-state index is 11.5. The lowest BCUT2D eigenvalue weighted by Gasteiger charge is -2.22. The largest absolute Gasteiger partial charge is 0.500 e. The van der Waals surface area contributed by atoms with Crippen molar-refractivity contribution in [2.24, 2.45) is 5.41 Å². The molecule has 0 unspecified atom stereocenters. The smallest absolute Gasteiger partial charge is 0.269 e. The molecule has 0 aliphatic heterocycles. The maximum Gasteiger partial charge on any atom is 0.269 e.